The van der Waals surface area contributed by atoms with Gasteiger partial charge in [-0.2, -0.15) is 0 Å². The summed E-state index contributed by atoms with van der Waals surface area (Å²) in [4.78, 5) is 17.5. The number of pyridine rings is 1. The fraction of sp³-hybridized carbons (Fsp3) is 0.385. The first-order valence-corrected chi connectivity index (χ1v) is 11.0. The molecule has 1 unspecified atom stereocenters. The number of nitrogens with one attached hydrogen (secondary N) is 1. The predicted molar refractivity (Wildman–Crippen MR) is 121 cm³/mol. The van der Waals surface area contributed by atoms with Crippen molar-refractivity contribution >= 4 is 17.3 Å². The van der Waals surface area contributed by atoms with Gasteiger partial charge in [0.1, 0.15) is 5.82 Å². The number of allylic oxidation sites excluding steroid dienone is 3. The Morgan fingerprint density at radius 3 is 2.50 bits per heavy atom. The maximum absolute atomic E-state index is 13.2. The second kappa shape index (κ2) is 9.86. The van der Waals surface area contributed by atoms with Crippen LogP contribution >= 0.6 is 0 Å². The lowest BCUT2D eigenvalue weighted by molar-refractivity contribution is -0.119. The van der Waals surface area contributed by atoms with Gasteiger partial charge in [0.05, 0.1) is 12.5 Å². The standard InChI is InChI=1S/C26H30N2O2/c29-18-20-10-15-25(27-17-20)28-26(30)24(16-19-6-4-5-7-19)23-13-11-22(12-14-23)21-8-2-1-3-9-21/h1-3,8-11,13,15,17,19,24,29H,4-7,12,14,16,18H2,(H,27,28,30). The number of carbonyl (C=O) groups is 1. The summed E-state index contributed by atoms with van der Waals surface area (Å²) < 4.78 is 0. The van der Waals surface area contributed by atoms with Crippen molar-refractivity contribution in [3.8, 4) is 0 Å². The number of carbonyl (C=O) groups excluding carboxylic acids is 1. The molecule has 1 atom stereocenters. The smallest absolute Gasteiger partial charge is 0.232 e. The maximum atomic E-state index is 13.2. The molecule has 0 aliphatic heterocycles. The Morgan fingerprint density at radius 1 is 1.07 bits per heavy atom. The van der Waals surface area contributed by atoms with Crippen LogP contribution in [0, 0.1) is 11.8 Å². The molecular weight excluding hydrogens is 372 g/mol. The van der Waals surface area contributed by atoms with Crippen molar-refractivity contribution in [3.63, 3.8) is 0 Å². The Labute approximate surface area is 178 Å². The molecule has 1 aromatic heterocycles. The molecule has 1 amide bonds. The average molecular weight is 403 g/mol. The van der Waals surface area contributed by atoms with E-state index in [4.69, 9.17) is 0 Å². The average Bonchev–Trinajstić information content (AvgIpc) is 3.32. The number of amides is 1. The molecule has 4 rings (SSSR count). The molecule has 2 aliphatic carbocycles. The van der Waals surface area contributed by atoms with Crippen LogP contribution < -0.4 is 5.32 Å². The zero-order chi connectivity index (χ0) is 20.8. The van der Waals surface area contributed by atoms with Gasteiger partial charge in [0.2, 0.25) is 5.91 Å². The SMILES string of the molecule is O=C(Nc1ccc(CO)cn1)C(CC1CCCC1)C1=CC=C(c2ccccc2)CC1. The van der Waals surface area contributed by atoms with Gasteiger partial charge in [-0.05, 0) is 47.9 Å². The molecule has 2 aliphatic rings. The van der Waals surface area contributed by atoms with Crippen LogP contribution in [0.3, 0.4) is 0 Å². The monoisotopic (exact) mass is 402 g/mol. The van der Waals surface area contributed by atoms with Crippen molar-refractivity contribution in [2.45, 2.75) is 51.6 Å². The van der Waals surface area contributed by atoms with Crippen molar-refractivity contribution in [2.75, 3.05) is 5.32 Å². The quantitative estimate of drug-likeness (QED) is 0.642. The van der Waals surface area contributed by atoms with E-state index in [-0.39, 0.29) is 18.4 Å². The topological polar surface area (TPSA) is 62.2 Å². The highest BCUT2D eigenvalue weighted by Crippen LogP contribution is 2.37. The molecule has 156 valence electrons. The highest BCUT2D eigenvalue weighted by Gasteiger charge is 2.29. The Hall–Kier alpha value is -2.72. The van der Waals surface area contributed by atoms with Gasteiger partial charge >= 0.3 is 0 Å². The number of aliphatic hydroxyl groups is 1. The molecule has 1 aromatic carbocycles. The number of rotatable bonds is 7. The lowest BCUT2D eigenvalue weighted by Gasteiger charge is -2.25. The van der Waals surface area contributed by atoms with Gasteiger partial charge in [0.15, 0.2) is 0 Å². The largest absolute Gasteiger partial charge is 0.392 e. The number of hydrogen-bond acceptors (Lipinski definition) is 3. The van der Waals surface area contributed by atoms with Gasteiger partial charge in [-0.1, -0.05) is 79.8 Å². The minimum Gasteiger partial charge on any atom is -0.392 e. The zero-order valence-corrected chi connectivity index (χ0v) is 17.4. The van der Waals surface area contributed by atoms with Crippen molar-refractivity contribution in [1.82, 2.24) is 4.98 Å². The number of benzene rings is 1. The Morgan fingerprint density at radius 2 is 1.87 bits per heavy atom. The fourth-order valence-electron chi connectivity index (χ4n) is 4.65. The van der Waals surface area contributed by atoms with E-state index in [2.05, 4.69) is 46.7 Å². The van der Waals surface area contributed by atoms with Gasteiger partial charge in [-0.15, -0.1) is 0 Å². The normalized spacial score (nSPS) is 17.9. The first-order valence-electron chi connectivity index (χ1n) is 11.0. The van der Waals surface area contributed by atoms with Crippen molar-refractivity contribution < 1.29 is 9.90 Å². The van der Waals surface area contributed by atoms with Crippen LogP contribution in [-0.2, 0) is 11.4 Å². The third-order valence-corrected chi connectivity index (χ3v) is 6.39. The number of nitrogens with zero attached hydrogens (tertiary/aromatic N) is 1. The summed E-state index contributed by atoms with van der Waals surface area (Å²) >= 11 is 0. The molecule has 30 heavy (non-hydrogen) atoms. The van der Waals surface area contributed by atoms with E-state index in [0.717, 1.165) is 24.8 Å². The van der Waals surface area contributed by atoms with E-state index in [0.29, 0.717) is 11.7 Å². The molecule has 1 fully saturated rings. The van der Waals surface area contributed by atoms with Gasteiger partial charge < -0.3 is 10.4 Å². The van der Waals surface area contributed by atoms with Crippen LogP contribution in [0.2, 0.25) is 0 Å². The Balaban J connectivity index is 1.52. The molecule has 2 N–H and O–H groups in total. The molecule has 0 bridgehead atoms. The summed E-state index contributed by atoms with van der Waals surface area (Å²) in [6.07, 6.45) is 13.8. The molecule has 2 aromatic rings. The van der Waals surface area contributed by atoms with Gasteiger partial charge in [0, 0.05) is 6.20 Å². The van der Waals surface area contributed by atoms with Crippen molar-refractivity contribution in [1.29, 1.82) is 0 Å². The van der Waals surface area contributed by atoms with Crippen LogP contribution in [0.15, 0.2) is 66.4 Å². The Bertz CT molecular complexity index is 910. The fourth-order valence-corrected chi connectivity index (χ4v) is 4.65. The minimum atomic E-state index is -0.110. The van der Waals surface area contributed by atoms with Crippen LogP contribution in [0.4, 0.5) is 5.82 Å². The number of aliphatic hydroxyl groups excluding tert-OH is 1. The molecule has 0 spiro atoms. The van der Waals surface area contributed by atoms with Crippen LogP contribution in [0.25, 0.3) is 5.57 Å². The molecule has 4 nitrogen and oxygen atoms in total. The molecule has 0 radical (unpaired) electrons. The summed E-state index contributed by atoms with van der Waals surface area (Å²) in [5, 5.41) is 12.2. The number of aromatic nitrogens is 1. The zero-order valence-electron chi connectivity index (χ0n) is 17.4. The first-order chi connectivity index (χ1) is 14.7. The van der Waals surface area contributed by atoms with Gasteiger partial charge in [0.25, 0.3) is 0 Å². The molecule has 1 heterocycles. The number of hydrogen-bond donors (Lipinski definition) is 2. The van der Waals surface area contributed by atoms with E-state index >= 15 is 0 Å². The third kappa shape index (κ3) is 5.06. The lowest BCUT2D eigenvalue weighted by atomic mass is 9.81. The summed E-state index contributed by atoms with van der Waals surface area (Å²) in [6, 6.07) is 14.0. The van der Waals surface area contributed by atoms with E-state index in [9.17, 15) is 9.90 Å². The summed E-state index contributed by atoms with van der Waals surface area (Å²) in [5.41, 5.74) is 4.56. The molecule has 0 saturated heterocycles. The summed E-state index contributed by atoms with van der Waals surface area (Å²) in [5.74, 6) is 1.10. The lowest BCUT2D eigenvalue weighted by Crippen LogP contribution is -2.27. The molecular formula is C26H30N2O2. The van der Waals surface area contributed by atoms with Crippen molar-refractivity contribution in [2.24, 2.45) is 11.8 Å². The maximum Gasteiger partial charge on any atom is 0.232 e. The van der Waals surface area contributed by atoms with E-state index in [1.807, 2.05) is 6.07 Å². The van der Waals surface area contributed by atoms with Gasteiger partial charge in [-0.25, -0.2) is 4.98 Å². The van der Waals surface area contributed by atoms with Crippen LogP contribution in [-0.4, -0.2) is 16.0 Å². The van der Waals surface area contributed by atoms with Crippen LogP contribution in [0.1, 0.15) is 56.1 Å². The Kier molecular flexibility index (Phi) is 6.75. The highest BCUT2D eigenvalue weighted by molar-refractivity contribution is 5.93. The van der Waals surface area contributed by atoms with E-state index in [1.54, 1.807) is 18.3 Å². The highest BCUT2D eigenvalue weighted by atomic mass is 16.3. The van der Waals surface area contributed by atoms with E-state index < -0.39 is 0 Å². The minimum absolute atomic E-state index is 0.0361. The summed E-state index contributed by atoms with van der Waals surface area (Å²) in [6.45, 7) is -0.0471. The third-order valence-electron chi connectivity index (χ3n) is 6.39. The van der Waals surface area contributed by atoms with Crippen LogP contribution in [0.5, 0.6) is 0 Å². The van der Waals surface area contributed by atoms with Gasteiger partial charge in [-0.3, -0.25) is 4.79 Å². The number of anilines is 1. The van der Waals surface area contributed by atoms with Crippen molar-refractivity contribution in [3.05, 3.63) is 77.5 Å². The van der Waals surface area contributed by atoms with E-state index in [1.165, 1.54) is 42.4 Å². The second-order valence-electron chi connectivity index (χ2n) is 8.44. The molecule has 4 heteroatoms. The summed E-state index contributed by atoms with van der Waals surface area (Å²) in [7, 11) is 0. The first kappa shape index (κ1) is 20.5. The molecule has 1 saturated carbocycles. The second-order valence-corrected chi connectivity index (χ2v) is 8.44. The predicted octanol–water partition coefficient (Wildman–Crippen LogP) is 5.51.